The molecule has 0 atom stereocenters. The van der Waals surface area contributed by atoms with Crippen molar-refractivity contribution in [3.05, 3.63) is 59.4 Å². The number of rotatable bonds is 6. The van der Waals surface area contributed by atoms with Crippen LogP contribution in [-0.2, 0) is 11.3 Å². The van der Waals surface area contributed by atoms with Gasteiger partial charge < -0.3 is 20.1 Å². The highest BCUT2D eigenvalue weighted by Gasteiger charge is 2.22. The first-order valence-electron chi connectivity index (χ1n) is 10.0. The highest BCUT2D eigenvalue weighted by molar-refractivity contribution is 5.94. The van der Waals surface area contributed by atoms with Crippen LogP contribution in [0, 0.1) is 5.82 Å². The number of nitrogens with zero attached hydrogens (tertiary/aromatic N) is 1. The minimum absolute atomic E-state index is 0.0220. The molecular weight excluding hydrogens is 389 g/mol. The second kappa shape index (κ2) is 9.13. The quantitative estimate of drug-likeness (QED) is 0.758. The highest BCUT2D eigenvalue weighted by Crippen LogP contribution is 2.32. The van der Waals surface area contributed by atoms with Crippen molar-refractivity contribution in [2.45, 2.75) is 25.4 Å². The molecule has 0 aliphatic carbocycles. The van der Waals surface area contributed by atoms with E-state index in [0.717, 1.165) is 24.2 Å². The Bertz CT molecular complexity index is 928. The molecule has 30 heavy (non-hydrogen) atoms. The maximum absolute atomic E-state index is 13.3. The largest absolute Gasteiger partial charge is 0.454 e. The zero-order valence-corrected chi connectivity index (χ0v) is 16.5. The monoisotopic (exact) mass is 413 g/mol. The van der Waals surface area contributed by atoms with E-state index in [-0.39, 0.29) is 24.6 Å². The van der Waals surface area contributed by atoms with Crippen LogP contribution in [0.2, 0.25) is 0 Å². The van der Waals surface area contributed by atoms with Crippen molar-refractivity contribution >= 4 is 11.8 Å². The summed E-state index contributed by atoms with van der Waals surface area (Å²) in [6.45, 7) is 2.39. The molecule has 2 aliphatic rings. The van der Waals surface area contributed by atoms with E-state index in [4.69, 9.17) is 9.47 Å². The summed E-state index contributed by atoms with van der Waals surface area (Å²) in [7, 11) is 0. The molecule has 1 saturated heterocycles. The first kappa shape index (κ1) is 20.2. The third kappa shape index (κ3) is 5.07. The number of ether oxygens (including phenoxy) is 2. The second-order valence-corrected chi connectivity index (χ2v) is 7.50. The number of halogens is 1. The van der Waals surface area contributed by atoms with Crippen molar-refractivity contribution in [1.29, 1.82) is 0 Å². The van der Waals surface area contributed by atoms with Crippen molar-refractivity contribution in [2.24, 2.45) is 0 Å². The number of likely N-dealkylation sites (tertiary alicyclic amines) is 1. The molecule has 2 amide bonds. The average molecular weight is 413 g/mol. The predicted octanol–water partition coefficient (Wildman–Crippen LogP) is 2.06. The van der Waals surface area contributed by atoms with Crippen LogP contribution >= 0.6 is 0 Å². The Morgan fingerprint density at radius 3 is 2.67 bits per heavy atom. The third-order valence-corrected chi connectivity index (χ3v) is 5.30. The predicted molar refractivity (Wildman–Crippen MR) is 108 cm³/mol. The number of hydrogen-bond donors (Lipinski definition) is 2. The minimum atomic E-state index is -0.427. The van der Waals surface area contributed by atoms with E-state index in [0.29, 0.717) is 37.5 Å². The number of piperidine rings is 1. The fraction of sp³-hybridized carbons (Fsp3) is 0.364. The maximum atomic E-state index is 13.3. The second-order valence-electron chi connectivity index (χ2n) is 7.50. The molecule has 2 aliphatic heterocycles. The molecule has 0 radical (unpaired) electrons. The molecule has 0 aromatic heterocycles. The van der Waals surface area contributed by atoms with Gasteiger partial charge in [-0.05, 0) is 48.7 Å². The van der Waals surface area contributed by atoms with Crippen LogP contribution in [0.4, 0.5) is 4.39 Å². The molecule has 0 spiro atoms. The lowest BCUT2D eigenvalue weighted by molar-refractivity contribution is -0.122. The minimum Gasteiger partial charge on any atom is -0.454 e. The molecule has 1 fully saturated rings. The van der Waals surface area contributed by atoms with Gasteiger partial charge in [0.1, 0.15) is 5.82 Å². The van der Waals surface area contributed by atoms with Gasteiger partial charge in [-0.3, -0.25) is 14.5 Å². The zero-order valence-electron chi connectivity index (χ0n) is 16.5. The molecule has 2 aromatic rings. The van der Waals surface area contributed by atoms with E-state index in [1.807, 2.05) is 18.2 Å². The van der Waals surface area contributed by atoms with Gasteiger partial charge in [-0.25, -0.2) is 4.39 Å². The first-order valence-corrected chi connectivity index (χ1v) is 10.0. The van der Waals surface area contributed by atoms with Gasteiger partial charge in [-0.2, -0.15) is 0 Å². The Labute approximate surface area is 174 Å². The summed E-state index contributed by atoms with van der Waals surface area (Å²) in [6, 6.07) is 11.3. The molecule has 2 heterocycles. The van der Waals surface area contributed by atoms with Crippen LogP contribution in [0.3, 0.4) is 0 Å². The number of nitrogens with one attached hydrogen (secondary N) is 2. The average Bonchev–Trinajstić information content (AvgIpc) is 3.21. The van der Waals surface area contributed by atoms with Gasteiger partial charge in [-0.1, -0.05) is 12.1 Å². The molecule has 2 N–H and O–H groups in total. The van der Waals surface area contributed by atoms with E-state index in [2.05, 4.69) is 15.5 Å². The molecule has 0 bridgehead atoms. The van der Waals surface area contributed by atoms with Crippen molar-refractivity contribution in [1.82, 2.24) is 15.5 Å². The number of carbonyl (C=O) groups is 2. The van der Waals surface area contributed by atoms with E-state index >= 15 is 0 Å². The molecule has 7 nitrogen and oxygen atoms in total. The van der Waals surface area contributed by atoms with Crippen LogP contribution in [-0.4, -0.2) is 49.2 Å². The summed E-state index contributed by atoms with van der Waals surface area (Å²) < 4.78 is 23.9. The summed E-state index contributed by atoms with van der Waals surface area (Å²) in [6.07, 6.45) is 1.49. The Balaban J connectivity index is 1.18. The lowest BCUT2D eigenvalue weighted by Crippen LogP contribution is -2.47. The fourth-order valence-corrected chi connectivity index (χ4v) is 3.64. The molecule has 4 rings (SSSR count). The SMILES string of the molecule is O=C(CN1CCC(NC(=O)c2cccc(F)c2)CC1)NCc1ccc2c(c1)OCO2. The summed E-state index contributed by atoms with van der Waals surface area (Å²) in [5.41, 5.74) is 1.27. The Kier molecular flexibility index (Phi) is 6.13. The lowest BCUT2D eigenvalue weighted by Gasteiger charge is -2.31. The van der Waals surface area contributed by atoms with Crippen LogP contribution in [0.5, 0.6) is 11.5 Å². The van der Waals surface area contributed by atoms with Gasteiger partial charge in [0.2, 0.25) is 12.7 Å². The Morgan fingerprint density at radius 2 is 1.87 bits per heavy atom. The van der Waals surface area contributed by atoms with Gasteiger partial charge >= 0.3 is 0 Å². The Morgan fingerprint density at radius 1 is 1.07 bits per heavy atom. The lowest BCUT2D eigenvalue weighted by atomic mass is 10.0. The summed E-state index contributed by atoms with van der Waals surface area (Å²) in [5.74, 6) is 0.676. The van der Waals surface area contributed by atoms with E-state index in [9.17, 15) is 14.0 Å². The van der Waals surface area contributed by atoms with E-state index in [1.54, 1.807) is 6.07 Å². The molecule has 2 aromatic carbocycles. The number of benzene rings is 2. The third-order valence-electron chi connectivity index (χ3n) is 5.30. The Hall–Kier alpha value is -3.13. The van der Waals surface area contributed by atoms with Crippen LogP contribution in [0.1, 0.15) is 28.8 Å². The van der Waals surface area contributed by atoms with Gasteiger partial charge in [-0.15, -0.1) is 0 Å². The number of amides is 2. The molecule has 0 saturated carbocycles. The number of fused-ring (bicyclic) bond motifs is 1. The summed E-state index contributed by atoms with van der Waals surface area (Å²) >= 11 is 0. The van der Waals surface area contributed by atoms with E-state index < -0.39 is 5.82 Å². The van der Waals surface area contributed by atoms with Crippen molar-refractivity contribution in [3.8, 4) is 11.5 Å². The molecule has 158 valence electrons. The molecule has 8 heteroatoms. The zero-order chi connectivity index (χ0) is 20.9. The number of hydrogen-bond acceptors (Lipinski definition) is 5. The van der Waals surface area contributed by atoms with E-state index in [1.165, 1.54) is 18.2 Å². The van der Waals surface area contributed by atoms with Crippen molar-refractivity contribution in [3.63, 3.8) is 0 Å². The molecular formula is C22H24FN3O4. The van der Waals surface area contributed by atoms with Crippen LogP contribution in [0.15, 0.2) is 42.5 Å². The van der Waals surface area contributed by atoms with Gasteiger partial charge in [0.25, 0.3) is 5.91 Å². The van der Waals surface area contributed by atoms with Crippen molar-refractivity contribution < 1.29 is 23.5 Å². The van der Waals surface area contributed by atoms with Crippen LogP contribution < -0.4 is 20.1 Å². The topological polar surface area (TPSA) is 79.9 Å². The van der Waals surface area contributed by atoms with Crippen molar-refractivity contribution in [2.75, 3.05) is 26.4 Å². The van der Waals surface area contributed by atoms with Gasteiger partial charge in [0.15, 0.2) is 11.5 Å². The first-order chi connectivity index (χ1) is 14.6. The summed E-state index contributed by atoms with van der Waals surface area (Å²) in [4.78, 5) is 26.6. The standard InChI is InChI=1S/C22H24FN3O4/c23-17-3-1-2-16(11-17)22(28)25-18-6-8-26(9-7-18)13-21(27)24-12-15-4-5-19-20(10-15)30-14-29-19/h1-5,10-11,18H,6-9,12-14H2,(H,24,27)(H,25,28). The highest BCUT2D eigenvalue weighted by atomic mass is 19.1. The summed E-state index contributed by atoms with van der Waals surface area (Å²) in [5, 5.41) is 5.87. The number of carbonyl (C=O) groups excluding carboxylic acids is 2. The van der Waals surface area contributed by atoms with Gasteiger partial charge in [0, 0.05) is 31.2 Å². The van der Waals surface area contributed by atoms with Crippen LogP contribution in [0.25, 0.3) is 0 Å². The van der Waals surface area contributed by atoms with Gasteiger partial charge in [0.05, 0.1) is 6.54 Å². The fourth-order valence-electron chi connectivity index (χ4n) is 3.64. The smallest absolute Gasteiger partial charge is 0.251 e. The molecule has 0 unspecified atom stereocenters. The normalized spacial score (nSPS) is 16.3. The maximum Gasteiger partial charge on any atom is 0.251 e.